The Morgan fingerprint density at radius 1 is 0.909 bits per heavy atom. The van der Waals surface area contributed by atoms with Crippen molar-refractivity contribution < 1.29 is 13.3 Å². The Hall–Kier alpha value is 0.664. The molecule has 0 radical (unpaired) electrons. The molecule has 0 saturated carbocycles. The molecule has 0 N–H and O–H groups in total. The lowest BCUT2D eigenvalue weighted by atomic mass is 10.3. The largest absolute Gasteiger partial charge is 0.502 e. The van der Waals surface area contributed by atoms with E-state index in [4.69, 9.17) is 13.3 Å². The summed E-state index contributed by atoms with van der Waals surface area (Å²) in [4.78, 5) is 0. The Bertz CT molecular complexity index is 275. The lowest BCUT2D eigenvalue weighted by Crippen LogP contribution is -2.49. The molecule has 0 aliphatic carbocycles. The molecule has 1 unspecified atom stereocenters. The van der Waals surface area contributed by atoms with Crippen LogP contribution in [0.2, 0.25) is 25.7 Å². The second-order valence-corrected chi connectivity index (χ2v) is 19.1. The summed E-state index contributed by atoms with van der Waals surface area (Å²) in [7, 11) is -3.82. The predicted octanol–water partition coefficient (Wildman–Crippen LogP) is 5.76. The van der Waals surface area contributed by atoms with Crippen molar-refractivity contribution in [1.29, 1.82) is 0 Å². The van der Waals surface area contributed by atoms with Gasteiger partial charge in [0.05, 0.1) is 5.44 Å². The summed E-state index contributed by atoms with van der Waals surface area (Å²) in [5.74, 6) is 0.523. The van der Waals surface area contributed by atoms with E-state index in [1.54, 1.807) is 0 Å². The molecule has 0 aromatic rings. The van der Waals surface area contributed by atoms with Crippen LogP contribution in [-0.2, 0) is 13.3 Å². The summed E-state index contributed by atoms with van der Waals surface area (Å²) in [6, 6.07) is 0.912. The lowest BCUT2D eigenvalue weighted by Gasteiger charge is -2.35. The van der Waals surface area contributed by atoms with Gasteiger partial charge in [-0.1, -0.05) is 54.3 Å². The van der Waals surface area contributed by atoms with Gasteiger partial charge in [0.25, 0.3) is 0 Å². The first-order valence-corrected chi connectivity index (χ1v) is 15.8. The molecule has 0 aromatic heterocycles. The summed E-state index contributed by atoms with van der Waals surface area (Å²) in [6.45, 7) is 19.5. The molecule has 0 spiro atoms. The molecule has 6 heteroatoms. The zero-order chi connectivity index (χ0) is 17.2. The molecule has 0 bridgehead atoms. The second-order valence-electron chi connectivity index (χ2n) is 7.16. The van der Waals surface area contributed by atoms with Crippen molar-refractivity contribution in [3.8, 4) is 0 Å². The molecule has 0 fully saturated rings. The zero-order valence-corrected chi connectivity index (χ0v) is 18.8. The fraction of sp³-hybridized carbons (Fsp3) is 1.00. The van der Waals surface area contributed by atoms with Gasteiger partial charge in [-0.05, 0) is 25.2 Å². The van der Waals surface area contributed by atoms with Gasteiger partial charge in [-0.25, -0.2) is 0 Å². The van der Waals surface area contributed by atoms with Gasteiger partial charge in [0.2, 0.25) is 0 Å². The van der Waals surface area contributed by atoms with Crippen LogP contribution in [-0.4, -0.2) is 34.7 Å². The summed E-state index contributed by atoms with van der Waals surface area (Å²) < 4.78 is 19.0. The first kappa shape index (κ1) is 22.7. The van der Waals surface area contributed by atoms with E-state index in [9.17, 15) is 0 Å². The number of rotatable bonds is 13. The van der Waals surface area contributed by atoms with Crippen molar-refractivity contribution in [2.75, 3.05) is 13.2 Å². The van der Waals surface area contributed by atoms with Crippen LogP contribution in [0.25, 0.3) is 0 Å². The van der Waals surface area contributed by atoms with Crippen molar-refractivity contribution in [2.45, 2.75) is 85.0 Å². The molecule has 0 rings (SSSR count). The Morgan fingerprint density at radius 3 is 1.73 bits per heavy atom. The zero-order valence-electron chi connectivity index (χ0n) is 16.0. The van der Waals surface area contributed by atoms with Gasteiger partial charge in [-0.2, -0.15) is 11.2 Å². The van der Waals surface area contributed by atoms with E-state index in [-0.39, 0.29) is 5.44 Å². The van der Waals surface area contributed by atoms with Gasteiger partial charge >= 0.3 is 8.80 Å². The first-order chi connectivity index (χ1) is 10.2. The third kappa shape index (κ3) is 10.4. The summed E-state index contributed by atoms with van der Waals surface area (Å²) in [5.41, 5.74) is 0.200. The molecule has 0 aliphatic heterocycles. The van der Waals surface area contributed by atoms with Crippen LogP contribution in [0.1, 0.15) is 53.9 Å². The molecule has 1 atom stereocenters. The van der Waals surface area contributed by atoms with E-state index >= 15 is 0 Å². The highest BCUT2D eigenvalue weighted by Crippen LogP contribution is 2.33. The standard InChI is InChI=1S/C16H38O3SSi2/c1-9-12-17-22(14-15(4)5,18-13-10-2)19-16(11-3)20-21(6,7)8/h15-16H,9-14H2,1-8H3. The lowest BCUT2D eigenvalue weighted by molar-refractivity contribution is 0.0479. The van der Waals surface area contributed by atoms with Crippen LogP contribution in [0.3, 0.4) is 0 Å². The third-order valence-electron chi connectivity index (χ3n) is 2.84. The minimum atomic E-state index is -2.58. The minimum absolute atomic E-state index is 0.200. The Labute approximate surface area is 144 Å². The quantitative estimate of drug-likeness (QED) is 0.306. The average molecular weight is 367 g/mol. The Kier molecular flexibility index (Phi) is 11.6. The predicted molar refractivity (Wildman–Crippen MR) is 104 cm³/mol. The summed E-state index contributed by atoms with van der Waals surface area (Å²) >= 11 is 2.01. The topological polar surface area (TPSA) is 27.7 Å². The molecule has 0 saturated heterocycles. The van der Waals surface area contributed by atoms with Crippen molar-refractivity contribution >= 4 is 27.2 Å². The van der Waals surface area contributed by atoms with Crippen molar-refractivity contribution in [1.82, 2.24) is 0 Å². The minimum Gasteiger partial charge on any atom is -0.373 e. The number of hydrogen-bond acceptors (Lipinski definition) is 4. The van der Waals surface area contributed by atoms with E-state index in [1.807, 2.05) is 11.2 Å². The van der Waals surface area contributed by atoms with Crippen LogP contribution >= 0.6 is 11.2 Å². The first-order valence-electron chi connectivity index (χ1n) is 8.81. The van der Waals surface area contributed by atoms with E-state index in [1.165, 1.54) is 0 Å². The molecular formula is C16H38O3SSi2. The highest BCUT2D eigenvalue weighted by molar-refractivity contribution is 8.28. The molecule has 134 valence electrons. The molecule has 0 aromatic carbocycles. The van der Waals surface area contributed by atoms with Crippen molar-refractivity contribution in [3.63, 3.8) is 0 Å². The SMILES string of the molecule is CCCO[Si](CC(C)C)(OCCC)OC(CC)S[Si](C)(C)C. The molecule has 0 aliphatic rings. The van der Waals surface area contributed by atoms with Gasteiger partial charge in [0, 0.05) is 19.3 Å². The van der Waals surface area contributed by atoms with Crippen molar-refractivity contribution in [3.05, 3.63) is 0 Å². The highest BCUT2D eigenvalue weighted by atomic mass is 32.4. The molecule has 3 nitrogen and oxygen atoms in total. The van der Waals surface area contributed by atoms with Gasteiger partial charge in [-0.3, -0.25) is 0 Å². The van der Waals surface area contributed by atoms with Crippen LogP contribution in [0.5, 0.6) is 0 Å². The van der Waals surface area contributed by atoms with E-state index in [2.05, 4.69) is 54.3 Å². The van der Waals surface area contributed by atoms with E-state index in [0.717, 1.165) is 38.5 Å². The van der Waals surface area contributed by atoms with Gasteiger partial charge in [0.1, 0.15) is 7.22 Å². The van der Waals surface area contributed by atoms with Gasteiger partial charge in [0.15, 0.2) is 0 Å². The Balaban J connectivity index is 5.11. The normalized spacial score (nSPS) is 14.6. The van der Waals surface area contributed by atoms with Gasteiger partial charge in [-0.15, -0.1) is 0 Å². The summed E-state index contributed by atoms with van der Waals surface area (Å²) in [6.07, 6.45) is 3.01. The molecule has 0 heterocycles. The fourth-order valence-corrected chi connectivity index (χ4v) is 10.1. The van der Waals surface area contributed by atoms with Crippen LogP contribution in [0.15, 0.2) is 0 Å². The maximum Gasteiger partial charge on any atom is 0.502 e. The van der Waals surface area contributed by atoms with Crippen LogP contribution in [0.4, 0.5) is 0 Å². The average Bonchev–Trinajstić information content (AvgIpc) is 2.40. The van der Waals surface area contributed by atoms with Crippen molar-refractivity contribution in [2.24, 2.45) is 5.92 Å². The van der Waals surface area contributed by atoms with E-state index in [0.29, 0.717) is 5.92 Å². The molecular weight excluding hydrogens is 328 g/mol. The van der Waals surface area contributed by atoms with Gasteiger partial charge < -0.3 is 13.3 Å². The highest BCUT2D eigenvalue weighted by Gasteiger charge is 2.44. The summed E-state index contributed by atoms with van der Waals surface area (Å²) in [5, 5.41) is 0. The molecule has 0 amide bonds. The number of hydrogen-bond donors (Lipinski definition) is 0. The third-order valence-corrected chi connectivity index (χ3v) is 10.6. The second kappa shape index (κ2) is 11.3. The maximum absolute atomic E-state index is 6.57. The fourth-order valence-electron chi connectivity index (χ4n) is 2.08. The van der Waals surface area contributed by atoms with Crippen LogP contribution in [0, 0.1) is 5.92 Å². The monoisotopic (exact) mass is 366 g/mol. The van der Waals surface area contributed by atoms with E-state index < -0.39 is 16.0 Å². The Morgan fingerprint density at radius 2 is 1.41 bits per heavy atom. The maximum atomic E-state index is 6.57. The molecule has 22 heavy (non-hydrogen) atoms. The smallest absolute Gasteiger partial charge is 0.373 e. The van der Waals surface area contributed by atoms with Crippen LogP contribution < -0.4 is 0 Å².